The number of rotatable bonds is 8. The number of benzene rings is 3. The van der Waals surface area contributed by atoms with Crippen molar-refractivity contribution in [2.24, 2.45) is 0 Å². The van der Waals surface area contributed by atoms with Crippen molar-refractivity contribution in [2.75, 3.05) is 11.4 Å². The highest BCUT2D eigenvalue weighted by Gasteiger charge is 2.30. The molecule has 0 saturated heterocycles. The maximum Gasteiger partial charge on any atom is 0.416 e. The summed E-state index contributed by atoms with van der Waals surface area (Å²) in [6.07, 6.45) is -4.52. The number of alkyl halides is 3. The van der Waals surface area contributed by atoms with Gasteiger partial charge in [0.05, 0.1) is 23.4 Å². The van der Waals surface area contributed by atoms with Crippen molar-refractivity contribution in [3.63, 3.8) is 0 Å². The monoisotopic (exact) mass is 524 g/mol. The topological polar surface area (TPSA) is 97.4 Å². The van der Waals surface area contributed by atoms with Crippen LogP contribution in [0.4, 0.5) is 19.1 Å². The van der Waals surface area contributed by atoms with Gasteiger partial charge in [0, 0.05) is 13.1 Å². The average molecular weight is 524 g/mol. The molecule has 1 aromatic heterocycles. The van der Waals surface area contributed by atoms with Gasteiger partial charge in [0.15, 0.2) is 0 Å². The lowest BCUT2D eigenvalue weighted by Crippen LogP contribution is -2.44. The van der Waals surface area contributed by atoms with Gasteiger partial charge in [-0.3, -0.25) is 0 Å². The summed E-state index contributed by atoms with van der Waals surface area (Å²) in [4.78, 5) is 44.3. The zero-order valence-corrected chi connectivity index (χ0v) is 20.2. The van der Waals surface area contributed by atoms with Gasteiger partial charge in [0.2, 0.25) is 5.95 Å². The number of halogens is 3. The van der Waals surface area contributed by atoms with Gasteiger partial charge < -0.3 is 10.0 Å². The largest absolute Gasteiger partial charge is 0.478 e. The van der Waals surface area contributed by atoms with Gasteiger partial charge >= 0.3 is 23.5 Å². The minimum absolute atomic E-state index is 0.0116. The van der Waals surface area contributed by atoms with E-state index in [-0.39, 0.29) is 29.3 Å². The summed E-state index contributed by atoms with van der Waals surface area (Å²) in [6, 6.07) is 19.1. The molecule has 0 unspecified atom stereocenters. The molecule has 0 aliphatic rings. The molecule has 0 atom stereocenters. The molecule has 0 aliphatic heterocycles. The summed E-state index contributed by atoms with van der Waals surface area (Å²) in [7, 11) is 0. The van der Waals surface area contributed by atoms with Crippen molar-refractivity contribution < 1.29 is 23.1 Å². The number of aromatic carboxylic acids is 1. The normalized spacial score (nSPS) is 11.4. The molecule has 0 bridgehead atoms. The quantitative estimate of drug-likeness (QED) is 0.371. The Morgan fingerprint density at radius 2 is 1.63 bits per heavy atom. The molecule has 0 aliphatic carbocycles. The van der Waals surface area contributed by atoms with E-state index in [0.717, 1.165) is 26.8 Å². The van der Waals surface area contributed by atoms with E-state index in [9.17, 15) is 32.7 Å². The highest BCUT2D eigenvalue weighted by molar-refractivity contribution is 5.88. The molecule has 0 fully saturated rings. The van der Waals surface area contributed by atoms with Crippen LogP contribution in [-0.2, 0) is 19.3 Å². The smallest absolute Gasteiger partial charge is 0.416 e. The van der Waals surface area contributed by atoms with E-state index in [4.69, 9.17) is 0 Å². The molecular weight excluding hydrogens is 501 g/mol. The molecule has 0 radical (unpaired) electrons. The van der Waals surface area contributed by atoms with Crippen LogP contribution in [0, 0.1) is 0 Å². The Labute approximate surface area is 214 Å². The summed E-state index contributed by atoms with van der Waals surface area (Å²) >= 11 is 0. The summed E-state index contributed by atoms with van der Waals surface area (Å²) in [5.74, 6) is -1.19. The molecule has 11 heteroatoms. The van der Waals surface area contributed by atoms with E-state index in [0.29, 0.717) is 13.1 Å². The number of nitrogens with zero attached hydrogens (tertiary/aromatic N) is 4. The predicted octanol–water partition coefficient (Wildman–Crippen LogP) is 4.19. The first kappa shape index (κ1) is 26.4. The molecular formula is C27H23F3N4O4. The highest BCUT2D eigenvalue weighted by Crippen LogP contribution is 2.29. The lowest BCUT2D eigenvalue weighted by molar-refractivity contribution is -0.137. The van der Waals surface area contributed by atoms with Gasteiger partial charge in [0.25, 0.3) is 0 Å². The average Bonchev–Trinajstić information content (AvgIpc) is 2.90. The molecule has 196 valence electrons. The third kappa shape index (κ3) is 5.66. The van der Waals surface area contributed by atoms with Gasteiger partial charge in [-0.1, -0.05) is 48.5 Å². The van der Waals surface area contributed by atoms with Crippen LogP contribution in [-0.4, -0.2) is 31.7 Å². The Morgan fingerprint density at radius 3 is 2.24 bits per heavy atom. The molecule has 38 heavy (non-hydrogen) atoms. The Balaban J connectivity index is 1.86. The third-order valence-corrected chi connectivity index (χ3v) is 5.90. The summed E-state index contributed by atoms with van der Waals surface area (Å²) in [5.41, 5.74) is -1.28. The summed E-state index contributed by atoms with van der Waals surface area (Å²) in [5, 5.41) is 9.47. The van der Waals surface area contributed by atoms with Crippen LogP contribution < -0.4 is 16.3 Å². The SMILES string of the molecule is CCN(Cc1ccccc1)c1nc(=O)n(Cc2ccc(C(F)(F)F)cc2)c(=O)n1-c1cccc(C(=O)O)c1. The number of aromatic nitrogens is 3. The second-order valence-corrected chi connectivity index (χ2v) is 8.45. The lowest BCUT2D eigenvalue weighted by atomic mass is 10.1. The highest BCUT2D eigenvalue weighted by atomic mass is 19.4. The van der Waals surface area contributed by atoms with Gasteiger partial charge in [0.1, 0.15) is 0 Å². The van der Waals surface area contributed by atoms with Crippen molar-refractivity contribution in [3.05, 3.63) is 122 Å². The van der Waals surface area contributed by atoms with Crippen LogP contribution in [0.1, 0.15) is 34.0 Å². The number of anilines is 1. The zero-order valence-electron chi connectivity index (χ0n) is 20.2. The lowest BCUT2D eigenvalue weighted by Gasteiger charge is -2.25. The first-order chi connectivity index (χ1) is 18.1. The van der Waals surface area contributed by atoms with E-state index in [1.165, 1.54) is 36.4 Å². The first-order valence-corrected chi connectivity index (χ1v) is 11.6. The van der Waals surface area contributed by atoms with Gasteiger partial charge in [-0.05, 0) is 48.4 Å². The van der Waals surface area contributed by atoms with Crippen LogP contribution in [0.15, 0.2) is 88.5 Å². The van der Waals surface area contributed by atoms with Gasteiger partial charge in [-0.2, -0.15) is 18.2 Å². The Bertz CT molecular complexity index is 1560. The molecule has 0 spiro atoms. The van der Waals surface area contributed by atoms with Crippen LogP contribution in [0.2, 0.25) is 0 Å². The van der Waals surface area contributed by atoms with Crippen molar-refractivity contribution >= 4 is 11.9 Å². The number of carboxylic acid groups (broad SMARTS) is 1. The van der Waals surface area contributed by atoms with Crippen LogP contribution in [0.5, 0.6) is 0 Å². The maximum atomic E-state index is 13.7. The van der Waals surface area contributed by atoms with Crippen LogP contribution in [0.3, 0.4) is 0 Å². The summed E-state index contributed by atoms with van der Waals surface area (Å²) in [6.45, 7) is 2.17. The van der Waals surface area contributed by atoms with E-state index in [2.05, 4.69) is 4.98 Å². The molecule has 8 nitrogen and oxygen atoms in total. The molecule has 3 aromatic carbocycles. The number of hydrogen-bond acceptors (Lipinski definition) is 5. The van der Waals surface area contributed by atoms with Crippen molar-refractivity contribution in [1.82, 2.24) is 14.1 Å². The third-order valence-electron chi connectivity index (χ3n) is 5.90. The minimum Gasteiger partial charge on any atom is -0.478 e. The number of hydrogen-bond donors (Lipinski definition) is 1. The Kier molecular flexibility index (Phi) is 7.47. The van der Waals surface area contributed by atoms with Crippen LogP contribution in [0.25, 0.3) is 5.69 Å². The minimum atomic E-state index is -4.52. The van der Waals surface area contributed by atoms with E-state index in [1.807, 2.05) is 37.3 Å². The molecule has 0 amide bonds. The van der Waals surface area contributed by atoms with E-state index >= 15 is 0 Å². The molecule has 0 saturated carbocycles. The number of carboxylic acids is 1. The van der Waals surface area contributed by atoms with E-state index < -0.39 is 29.1 Å². The van der Waals surface area contributed by atoms with Crippen molar-refractivity contribution in [1.29, 1.82) is 0 Å². The molecule has 4 rings (SSSR count). The fourth-order valence-electron chi connectivity index (χ4n) is 3.94. The fraction of sp³-hybridized carbons (Fsp3) is 0.185. The standard InChI is InChI=1S/C27H23F3N4O4/c1-2-32(16-18-7-4-3-5-8-18)24-31-25(37)33(17-19-11-13-21(14-12-19)27(28,29)30)26(38)34(24)22-10-6-9-20(15-22)23(35)36/h3-15H,2,16-17H2,1H3,(H,35,36). The maximum absolute atomic E-state index is 13.7. The molecule has 1 heterocycles. The fourth-order valence-corrected chi connectivity index (χ4v) is 3.94. The predicted molar refractivity (Wildman–Crippen MR) is 135 cm³/mol. The zero-order chi connectivity index (χ0) is 27.4. The van der Waals surface area contributed by atoms with Crippen molar-refractivity contribution in [2.45, 2.75) is 26.2 Å². The molecule has 4 aromatic rings. The Morgan fingerprint density at radius 1 is 0.947 bits per heavy atom. The first-order valence-electron chi connectivity index (χ1n) is 11.6. The van der Waals surface area contributed by atoms with Crippen LogP contribution >= 0.6 is 0 Å². The van der Waals surface area contributed by atoms with Gasteiger partial charge in [-0.15, -0.1) is 0 Å². The Hall–Kier alpha value is -4.67. The number of carbonyl (C=O) groups is 1. The van der Waals surface area contributed by atoms with E-state index in [1.54, 1.807) is 4.90 Å². The van der Waals surface area contributed by atoms with Gasteiger partial charge in [-0.25, -0.2) is 23.5 Å². The second kappa shape index (κ2) is 10.8. The second-order valence-electron chi connectivity index (χ2n) is 8.45. The molecule has 1 N–H and O–H groups in total. The summed E-state index contributed by atoms with van der Waals surface area (Å²) < 4.78 is 40.8. The van der Waals surface area contributed by atoms with Crippen molar-refractivity contribution in [3.8, 4) is 5.69 Å².